The van der Waals surface area contributed by atoms with Crippen molar-refractivity contribution in [2.24, 2.45) is 0 Å². The number of nitrogens with zero attached hydrogens (tertiary/aromatic N) is 1. The summed E-state index contributed by atoms with van der Waals surface area (Å²) < 4.78 is 0. The first-order chi connectivity index (χ1) is 9.59. The smallest absolute Gasteiger partial charge is 0.336 e. The van der Waals surface area contributed by atoms with Crippen LogP contribution in [0.25, 0.3) is 0 Å². The molecule has 0 aliphatic rings. The van der Waals surface area contributed by atoms with Gasteiger partial charge in [-0.2, -0.15) is 0 Å². The van der Waals surface area contributed by atoms with Crippen molar-refractivity contribution in [1.82, 2.24) is 10.3 Å². The van der Waals surface area contributed by atoms with Crippen molar-refractivity contribution in [2.45, 2.75) is 13.5 Å². The summed E-state index contributed by atoms with van der Waals surface area (Å²) in [4.78, 5) is 26.9. The largest absolute Gasteiger partial charge is 0.478 e. The zero-order chi connectivity index (χ0) is 14.5. The Kier molecular flexibility index (Phi) is 4.10. The first-order valence-corrected chi connectivity index (χ1v) is 6.09. The average Bonchev–Trinajstić information content (AvgIpc) is 2.46. The van der Waals surface area contributed by atoms with Crippen LogP contribution in [0, 0.1) is 6.92 Å². The number of benzene rings is 1. The maximum atomic E-state index is 11.9. The van der Waals surface area contributed by atoms with Crippen LogP contribution in [0.3, 0.4) is 0 Å². The Morgan fingerprint density at radius 3 is 2.70 bits per heavy atom. The second-order valence-electron chi connectivity index (χ2n) is 4.33. The topological polar surface area (TPSA) is 79.3 Å². The zero-order valence-electron chi connectivity index (χ0n) is 11.0. The molecule has 0 radical (unpaired) electrons. The summed E-state index contributed by atoms with van der Waals surface area (Å²) in [6.45, 7) is 1.99. The number of carbonyl (C=O) groups excluding carboxylic acids is 1. The fourth-order valence-electron chi connectivity index (χ4n) is 1.91. The molecule has 102 valence electrons. The number of aromatic nitrogens is 1. The molecular weight excluding hydrogens is 256 g/mol. The van der Waals surface area contributed by atoms with Gasteiger partial charge < -0.3 is 10.4 Å². The van der Waals surface area contributed by atoms with Gasteiger partial charge in [-0.3, -0.25) is 9.78 Å². The Morgan fingerprint density at radius 2 is 2.05 bits per heavy atom. The van der Waals surface area contributed by atoms with Crippen LogP contribution in [-0.2, 0) is 6.54 Å². The van der Waals surface area contributed by atoms with Crippen molar-refractivity contribution < 1.29 is 14.7 Å². The lowest BCUT2D eigenvalue weighted by atomic mass is 10.0. The summed E-state index contributed by atoms with van der Waals surface area (Å²) in [6, 6.07) is 8.35. The summed E-state index contributed by atoms with van der Waals surface area (Å²) >= 11 is 0. The molecule has 2 aromatic rings. The molecular formula is C15H14N2O3. The third kappa shape index (κ3) is 3.00. The van der Waals surface area contributed by atoms with Crippen molar-refractivity contribution in [3.63, 3.8) is 0 Å². The minimum Gasteiger partial charge on any atom is -0.478 e. The first-order valence-electron chi connectivity index (χ1n) is 6.09. The molecule has 1 aromatic carbocycles. The van der Waals surface area contributed by atoms with Crippen LogP contribution in [0.2, 0.25) is 0 Å². The summed E-state index contributed by atoms with van der Waals surface area (Å²) in [5.74, 6) is -1.28. The van der Waals surface area contributed by atoms with E-state index in [1.54, 1.807) is 24.4 Å². The highest BCUT2D eigenvalue weighted by atomic mass is 16.4. The van der Waals surface area contributed by atoms with E-state index in [-0.39, 0.29) is 18.0 Å². The second kappa shape index (κ2) is 5.97. The van der Waals surface area contributed by atoms with Crippen molar-refractivity contribution in [3.8, 4) is 0 Å². The van der Waals surface area contributed by atoms with Crippen LogP contribution in [-0.4, -0.2) is 22.0 Å². The minimum atomic E-state index is -1.00. The number of nitrogens with one attached hydrogen (secondary N) is 1. The number of aromatic carboxylic acids is 1. The maximum Gasteiger partial charge on any atom is 0.336 e. The number of rotatable bonds is 4. The number of carbonyl (C=O) groups is 2. The van der Waals surface area contributed by atoms with Gasteiger partial charge in [0.15, 0.2) is 0 Å². The quantitative estimate of drug-likeness (QED) is 0.890. The van der Waals surface area contributed by atoms with Gasteiger partial charge in [0.2, 0.25) is 0 Å². The fourth-order valence-corrected chi connectivity index (χ4v) is 1.91. The molecule has 1 heterocycles. The predicted octanol–water partition coefficient (Wildman–Crippen LogP) is 2.02. The van der Waals surface area contributed by atoms with Crippen LogP contribution in [0.15, 0.2) is 42.7 Å². The fraction of sp³-hybridized carbons (Fsp3) is 0.133. The van der Waals surface area contributed by atoms with E-state index in [2.05, 4.69) is 10.3 Å². The van der Waals surface area contributed by atoms with Gasteiger partial charge in [0.05, 0.1) is 11.1 Å². The number of hydrogen-bond donors (Lipinski definition) is 2. The number of carboxylic acids is 1. The van der Waals surface area contributed by atoms with Gasteiger partial charge in [0, 0.05) is 18.9 Å². The highest BCUT2D eigenvalue weighted by Gasteiger charge is 2.13. The number of hydrogen-bond acceptors (Lipinski definition) is 3. The van der Waals surface area contributed by atoms with E-state index in [0.29, 0.717) is 11.1 Å². The molecule has 1 aromatic heterocycles. The second-order valence-corrected chi connectivity index (χ2v) is 4.33. The lowest BCUT2D eigenvalue weighted by molar-refractivity contribution is 0.0694. The number of amides is 1. The van der Waals surface area contributed by atoms with Gasteiger partial charge in [-0.15, -0.1) is 0 Å². The molecule has 0 saturated carbocycles. The van der Waals surface area contributed by atoms with Gasteiger partial charge in [-0.25, -0.2) is 4.79 Å². The van der Waals surface area contributed by atoms with Crippen LogP contribution in [0.5, 0.6) is 0 Å². The van der Waals surface area contributed by atoms with Gasteiger partial charge >= 0.3 is 5.97 Å². The molecule has 20 heavy (non-hydrogen) atoms. The molecule has 0 bridgehead atoms. The van der Waals surface area contributed by atoms with Crippen molar-refractivity contribution in [3.05, 3.63) is 65.0 Å². The van der Waals surface area contributed by atoms with Crippen LogP contribution in [0.1, 0.15) is 31.8 Å². The van der Waals surface area contributed by atoms with Gasteiger partial charge in [-0.1, -0.05) is 12.1 Å². The monoisotopic (exact) mass is 270 g/mol. The zero-order valence-corrected chi connectivity index (χ0v) is 11.0. The molecule has 1 amide bonds. The standard InChI is InChI=1S/C15H14N2O3/c1-10-4-2-6-12(15(19)20)13(10)9-17-14(18)11-5-3-7-16-8-11/h2-8H,9H2,1H3,(H,17,18)(H,19,20). The van der Waals surface area contributed by atoms with E-state index >= 15 is 0 Å². The Hall–Kier alpha value is -2.69. The molecule has 2 rings (SSSR count). The number of carboxylic acid groups (broad SMARTS) is 1. The lowest BCUT2D eigenvalue weighted by Crippen LogP contribution is -2.24. The molecule has 0 saturated heterocycles. The SMILES string of the molecule is Cc1cccc(C(=O)O)c1CNC(=O)c1cccnc1. The normalized spacial score (nSPS) is 10.1. The lowest BCUT2D eigenvalue weighted by Gasteiger charge is -2.11. The van der Waals surface area contributed by atoms with Crippen molar-refractivity contribution >= 4 is 11.9 Å². The first kappa shape index (κ1) is 13.7. The van der Waals surface area contributed by atoms with E-state index in [4.69, 9.17) is 5.11 Å². The molecule has 0 atom stereocenters. The Bertz CT molecular complexity index is 639. The molecule has 0 aliphatic carbocycles. The molecule has 0 aliphatic heterocycles. The molecule has 0 spiro atoms. The number of pyridine rings is 1. The Balaban J connectivity index is 2.16. The summed E-state index contributed by atoms with van der Waals surface area (Å²) in [5.41, 5.74) is 2.09. The predicted molar refractivity (Wildman–Crippen MR) is 73.5 cm³/mol. The third-order valence-corrected chi connectivity index (χ3v) is 2.99. The Morgan fingerprint density at radius 1 is 1.25 bits per heavy atom. The Labute approximate surface area is 116 Å². The van der Waals surface area contributed by atoms with Crippen LogP contribution in [0.4, 0.5) is 0 Å². The minimum absolute atomic E-state index is 0.169. The molecule has 0 unspecified atom stereocenters. The molecule has 2 N–H and O–H groups in total. The highest BCUT2D eigenvalue weighted by Crippen LogP contribution is 2.14. The van der Waals surface area contributed by atoms with E-state index in [9.17, 15) is 9.59 Å². The van der Waals surface area contributed by atoms with Gasteiger partial charge in [0.1, 0.15) is 0 Å². The summed E-state index contributed by atoms with van der Waals surface area (Å²) in [6.07, 6.45) is 3.05. The van der Waals surface area contributed by atoms with E-state index in [1.165, 1.54) is 12.3 Å². The molecule has 5 heteroatoms. The summed E-state index contributed by atoms with van der Waals surface area (Å²) in [5, 5.41) is 11.9. The van der Waals surface area contributed by atoms with E-state index in [1.807, 2.05) is 13.0 Å². The average molecular weight is 270 g/mol. The van der Waals surface area contributed by atoms with Crippen molar-refractivity contribution in [2.75, 3.05) is 0 Å². The van der Waals surface area contributed by atoms with E-state index < -0.39 is 5.97 Å². The summed E-state index contributed by atoms with van der Waals surface area (Å²) in [7, 11) is 0. The number of aryl methyl sites for hydroxylation is 1. The molecule has 0 fully saturated rings. The highest BCUT2D eigenvalue weighted by molar-refractivity contribution is 5.94. The van der Waals surface area contributed by atoms with Gasteiger partial charge in [0.25, 0.3) is 5.91 Å². The van der Waals surface area contributed by atoms with E-state index in [0.717, 1.165) is 5.56 Å². The van der Waals surface area contributed by atoms with Crippen LogP contribution >= 0.6 is 0 Å². The van der Waals surface area contributed by atoms with Crippen molar-refractivity contribution in [1.29, 1.82) is 0 Å². The molecule has 5 nitrogen and oxygen atoms in total. The maximum absolute atomic E-state index is 11.9. The van der Waals surface area contributed by atoms with Crippen LogP contribution < -0.4 is 5.32 Å². The van der Waals surface area contributed by atoms with Gasteiger partial charge in [-0.05, 0) is 36.2 Å². The third-order valence-electron chi connectivity index (χ3n) is 2.99.